The minimum absolute atomic E-state index is 0.0229. The van der Waals surface area contributed by atoms with E-state index in [1.807, 2.05) is 13.0 Å². The van der Waals surface area contributed by atoms with Gasteiger partial charge in [0.2, 0.25) is 0 Å². The van der Waals surface area contributed by atoms with E-state index in [-0.39, 0.29) is 5.75 Å². The molecule has 0 aliphatic heterocycles. The average Bonchev–Trinajstić information content (AvgIpc) is 2.15. The molecule has 3 heteroatoms. The van der Waals surface area contributed by atoms with E-state index in [9.17, 15) is 5.11 Å². The van der Waals surface area contributed by atoms with Crippen LogP contribution in [0.15, 0.2) is 30.4 Å². The smallest absolute Gasteiger partial charge is 0.161 e. The summed E-state index contributed by atoms with van der Waals surface area (Å²) in [5.74, 6) is 0.345. The molecule has 3 nitrogen and oxygen atoms in total. The van der Waals surface area contributed by atoms with E-state index >= 15 is 0 Å². The summed E-state index contributed by atoms with van der Waals surface area (Å²) in [4.78, 5) is 0. The van der Waals surface area contributed by atoms with Gasteiger partial charge in [0.15, 0.2) is 11.5 Å². The van der Waals surface area contributed by atoms with Crippen LogP contribution in [0.25, 0.3) is 0 Å². The highest BCUT2D eigenvalue weighted by Gasteiger charge is 2.02. The van der Waals surface area contributed by atoms with Crippen molar-refractivity contribution in [3.8, 4) is 17.6 Å². The van der Waals surface area contributed by atoms with Crippen LogP contribution in [-0.2, 0) is 0 Å². The zero-order valence-corrected chi connectivity index (χ0v) is 7.95. The molecule has 0 aliphatic rings. The van der Waals surface area contributed by atoms with Crippen LogP contribution in [0.1, 0.15) is 12.5 Å². The van der Waals surface area contributed by atoms with Gasteiger partial charge >= 0.3 is 0 Å². The molecule has 0 unspecified atom stereocenters. The van der Waals surface area contributed by atoms with E-state index < -0.39 is 0 Å². The van der Waals surface area contributed by atoms with Gasteiger partial charge in [-0.05, 0) is 24.6 Å². The number of aromatic hydroxyl groups is 1. The standard InChI is InChI=1S/C11H11NO2/c1-8(2)7-14-11-4-3-9(6-12)5-10(11)13/h3-5,13H,1,7H2,2H3. The fourth-order valence-electron chi connectivity index (χ4n) is 0.910. The number of phenols is 1. The van der Waals surface area contributed by atoms with Crippen molar-refractivity contribution in [3.05, 3.63) is 35.9 Å². The molecule has 1 aromatic rings. The normalized spacial score (nSPS) is 9.14. The Hall–Kier alpha value is -1.95. The van der Waals surface area contributed by atoms with E-state index in [1.165, 1.54) is 6.07 Å². The fraction of sp³-hybridized carbons (Fsp3) is 0.182. The second-order valence-corrected chi connectivity index (χ2v) is 3.04. The van der Waals surface area contributed by atoms with Crippen LogP contribution in [0.5, 0.6) is 11.5 Å². The van der Waals surface area contributed by atoms with Crippen LogP contribution in [0.4, 0.5) is 0 Å². The molecule has 0 saturated heterocycles. The van der Waals surface area contributed by atoms with Gasteiger partial charge in [-0.2, -0.15) is 5.26 Å². The number of rotatable bonds is 3. The maximum Gasteiger partial charge on any atom is 0.161 e. The van der Waals surface area contributed by atoms with Crippen LogP contribution in [0, 0.1) is 11.3 Å². The van der Waals surface area contributed by atoms with Crippen molar-refractivity contribution in [2.45, 2.75) is 6.92 Å². The molecule has 0 amide bonds. The van der Waals surface area contributed by atoms with Crippen LogP contribution in [0.3, 0.4) is 0 Å². The lowest BCUT2D eigenvalue weighted by Gasteiger charge is -2.07. The summed E-state index contributed by atoms with van der Waals surface area (Å²) in [5, 5.41) is 18.0. The third kappa shape index (κ3) is 2.53. The minimum Gasteiger partial charge on any atom is -0.504 e. The highest BCUT2D eigenvalue weighted by atomic mass is 16.5. The summed E-state index contributed by atoms with van der Waals surface area (Å²) in [6, 6.07) is 6.45. The molecule has 14 heavy (non-hydrogen) atoms. The van der Waals surface area contributed by atoms with Crippen molar-refractivity contribution in [2.24, 2.45) is 0 Å². The van der Waals surface area contributed by atoms with Crippen molar-refractivity contribution in [3.63, 3.8) is 0 Å². The Bertz CT molecular complexity index is 391. The predicted molar refractivity (Wildman–Crippen MR) is 53.1 cm³/mol. The average molecular weight is 189 g/mol. The van der Waals surface area contributed by atoms with Gasteiger partial charge < -0.3 is 9.84 Å². The van der Waals surface area contributed by atoms with Gasteiger partial charge in [0.05, 0.1) is 11.6 Å². The quantitative estimate of drug-likeness (QED) is 0.742. The summed E-state index contributed by atoms with van der Waals surface area (Å²) in [6.45, 7) is 5.87. The molecule has 0 bridgehead atoms. The van der Waals surface area contributed by atoms with Gasteiger partial charge in [0.25, 0.3) is 0 Å². The van der Waals surface area contributed by atoms with Crippen molar-refractivity contribution in [1.82, 2.24) is 0 Å². The number of nitrogens with zero attached hydrogens (tertiary/aromatic N) is 1. The van der Waals surface area contributed by atoms with Gasteiger partial charge in [0, 0.05) is 6.07 Å². The van der Waals surface area contributed by atoms with Gasteiger partial charge in [0.1, 0.15) is 6.61 Å². The molecule has 1 N–H and O–H groups in total. The fourth-order valence-corrected chi connectivity index (χ4v) is 0.910. The molecule has 0 aliphatic carbocycles. The first-order valence-electron chi connectivity index (χ1n) is 4.14. The molecular formula is C11H11NO2. The third-order valence-electron chi connectivity index (χ3n) is 1.56. The van der Waals surface area contributed by atoms with E-state index in [4.69, 9.17) is 10.00 Å². The highest BCUT2D eigenvalue weighted by Crippen LogP contribution is 2.26. The van der Waals surface area contributed by atoms with Crippen LogP contribution in [-0.4, -0.2) is 11.7 Å². The highest BCUT2D eigenvalue weighted by molar-refractivity contribution is 5.45. The summed E-state index contributed by atoms with van der Waals surface area (Å²) in [7, 11) is 0. The summed E-state index contributed by atoms with van der Waals surface area (Å²) >= 11 is 0. The first-order chi connectivity index (χ1) is 6.63. The number of nitriles is 1. The summed E-state index contributed by atoms with van der Waals surface area (Å²) in [6.07, 6.45) is 0. The van der Waals surface area contributed by atoms with Gasteiger partial charge in [-0.15, -0.1) is 0 Å². The summed E-state index contributed by atoms with van der Waals surface area (Å²) < 4.78 is 5.24. The summed E-state index contributed by atoms with van der Waals surface area (Å²) in [5.41, 5.74) is 1.28. The van der Waals surface area contributed by atoms with Crippen molar-refractivity contribution in [2.75, 3.05) is 6.61 Å². The maximum atomic E-state index is 9.43. The second kappa shape index (κ2) is 4.33. The predicted octanol–water partition coefficient (Wildman–Crippen LogP) is 2.22. The molecule has 1 aromatic carbocycles. The Morgan fingerprint density at radius 2 is 2.36 bits per heavy atom. The number of ether oxygens (including phenoxy) is 1. The second-order valence-electron chi connectivity index (χ2n) is 3.04. The van der Waals surface area contributed by atoms with Crippen molar-refractivity contribution >= 4 is 0 Å². The topological polar surface area (TPSA) is 53.2 Å². The third-order valence-corrected chi connectivity index (χ3v) is 1.56. The largest absolute Gasteiger partial charge is 0.504 e. The zero-order valence-electron chi connectivity index (χ0n) is 7.95. The molecular weight excluding hydrogens is 178 g/mol. The van der Waals surface area contributed by atoms with Gasteiger partial charge in [-0.25, -0.2) is 0 Å². The monoisotopic (exact) mass is 189 g/mol. The SMILES string of the molecule is C=C(C)COc1ccc(C#N)cc1O. The molecule has 0 radical (unpaired) electrons. The molecule has 0 heterocycles. The van der Waals surface area contributed by atoms with E-state index in [0.29, 0.717) is 17.9 Å². The Kier molecular flexibility index (Phi) is 3.14. The molecule has 0 aromatic heterocycles. The molecule has 0 fully saturated rings. The van der Waals surface area contributed by atoms with Crippen LogP contribution in [0.2, 0.25) is 0 Å². The Morgan fingerprint density at radius 3 is 2.86 bits per heavy atom. The van der Waals surface area contributed by atoms with Crippen LogP contribution >= 0.6 is 0 Å². The maximum absolute atomic E-state index is 9.43. The van der Waals surface area contributed by atoms with E-state index in [2.05, 4.69) is 6.58 Å². The van der Waals surface area contributed by atoms with Gasteiger partial charge in [-0.3, -0.25) is 0 Å². The lowest BCUT2D eigenvalue weighted by molar-refractivity contribution is 0.328. The van der Waals surface area contributed by atoms with E-state index in [0.717, 1.165) is 5.57 Å². The van der Waals surface area contributed by atoms with Crippen LogP contribution < -0.4 is 4.74 Å². The van der Waals surface area contributed by atoms with Crippen molar-refractivity contribution in [1.29, 1.82) is 5.26 Å². The molecule has 72 valence electrons. The van der Waals surface area contributed by atoms with Gasteiger partial charge in [-0.1, -0.05) is 6.58 Å². The minimum atomic E-state index is -0.0229. The lowest BCUT2D eigenvalue weighted by Crippen LogP contribution is -1.97. The molecule has 1 rings (SSSR count). The number of hydrogen-bond acceptors (Lipinski definition) is 3. The number of hydrogen-bond donors (Lipinski definition) is 1. The molecule has 0 spiro atoms. The lowest BCUT2D eigenvalue weighted by atomic mass is 10.2. The Labute approximate surface area is 82.9 Å². The molecule has 0 saturated carbocycles. The van der Waals surface area contributed by atoms with Crippen molar-refractivity contribution < 1.29 is 9.84 Å². The first kappa shape index (κ1) is 10.1. The Balaban J connectivity index is 2.80. The zero-order chi connectivity index (χ0) is 10.6. The molecule has 0 atom stereocenters. The number of phenolic OH excluding ortho intramolecular Hbond substituents is 1. The Morgan fingerprint density at radius 1 is 1.64 bits per heavy atom. The van der Waals surface area contributed by atoms with E-state index in [1.54, 1.807) is 12.1 Å². The first-order valence-corrected chi connectivity index (χ1v) is 4.14. The number of benzene rings is 1.